The van der Waals surface area contributed by atoms with Crippen molar-refractivity contribution in [2.75, 3.05) is 26.6 Å². The average Bonchev–Trinajstić information content (AvgIpc) is 3.34. The topological polar surface area (TPSA) is 36.9 Å². The van der Waals surface area contributed by atoms with Gasteiger partial charge in [-0.05, 0) is 67.3 Å². The van der Waals surface area contributed by atoms with Gasteiger partial charge < -0.3 is 18.9 Å². The minimum atomic E-state index is -0.415. The zero-order valence-electron chi connectivity index (χ0n) is 17.4. The number of thiocarbonyl (C=S) groups is 1. The maximum Gasteiger partial charge on any atom is 0.220 e. The molecule has 4 nitrogen and oxygen atoms in total. The molecule has 4 atom stereocenters. The molecule has 158 valence electrons. The van der Waals surface area contributed by atoms with Crippen LogP contribution < -0.4 is 4.74 Å². The smallest absolute Gasteiger partial charge is 0.220 e. The number of hydrogen-bond acceptors (Lipinski definition) is 6. The van der Waals surface area contributed by atoms with E-state index in [4.69, 9.17) is 31.2 Å². The van der Waals surface area contributed by atoms with Gasteiger partial charge in [-0.15, -0.1) is 0 Å². The SMILES string of the molecule is COc1cccc(C(C[C@@H]2C=CC[C@@]3(C)[C@H]2CCC32OCCO2)OC(=S)SC)c1. The number of rotatable bonds is 5. The monoisotopic (exact) mass is 434 g/mol. The van der Waals surface area contributed by atoms with Gasteiger partial charge in [0.2, 0.25) is 4.38 Å². The molecule has 1 unspecified atom stereocenters. The third-order valence-corrected chi connectivity index (χ3v) is 8.05. The molecule has 1 aromatic rings. The predicted molar refractivity (Wildman–Crippen MR) is 120 cm³/mol. The van der Waals surface area contributed by atoms with E-state index in [0.717, 1.165) is 37.0 Å². The van der Waals surface area contributed by atoms with Crippen LogP contribution in [0.3, 0.4) is 0 Å². The third kappa shape index (κ3) is 3.85. The molecule has 2 fully saturated rings. The summed E-state index contributed by atoms with van der Waals surface area (Å²) in [7, 11) is 1.69. The normalized spacial score (nSPS) is 30.9. The molecule has 1 spiro atoms. The van der Waals surface area contributed by atoms with E-state index in [-0.39, 0.29) is 11.5 Å². The number of thioether (sulfide) groups is 1. The number of allylic oxidation sites excluding steroid dienone is 2. The van der Waals surface area contributed by atoms with Gasteiger partial charge in [0.15, 0.2) is 5.79 Å². The molecule has 1 heterocycles. The second-order valence-electron chi connectivity index (χ2n) is 8.38. The molecule has 0 amide bonds. The van der Waals surface area contributed by atoms with E-state index >= 15 is 0 Å². The van der Waals surface area contributed by atoms with E-state index < -0.39 is 5.79 Å². The first kappa shape index (κ1) is 21.2. The fourth-order valence-corrected chi connectivity index (χ4v) is 5.85. The molecule has 1 saturated heterocycles. The largest absolute Gasteiger partial charge is 0.497 e. The van der Waals surface area contributed by atoms with Crippen LogP contribution in [0.4, 0.5) is 0 Å². The predicted octanol–water partition coefficient (Wildman–Crippen LogP) is 5.53. The van der Waals surface area contributed by atoms with Crippen molar-refractivity contribution in [3.8, 4) is 5.75 Å². The Morgan fingerprint density at radius 2 is 2.14 bits per heavy atom. The van der Waals surface area contributed by atoms with Gasteiger partial charge in [0.25, 0.3) is 0 Å². The molecule has 4 rings (SSSR count). The van der Waals surface area contributed by atoms with Crippen LogP contribution in [0.25, 0.3) is 0 Å². The Hall–Kier alpha value is -1.08. The van der Waals surface area contributed by atoms with Gasteiger partial charge in [-0.25, -0.2) is 0 Å². The number of hydrogen-bond donors (Lipinski definition) is 0. The molecule has 1 aromatic carbocycles. The quantitative estimate of drug-likeness (QED) is 0.448. The van der Waals surface area contributed by atoms with Crippen molar-refractivity contribution < 1.29 is 18.9 Å². The lowest BCUT2D eigenvalue weighted by molar-refractivity contribution is -0.227. The van der Waals surface area contributed by atoms with Crippen LogP contribution in [0.2, 0.25) is 0 Å². The van der Waals surface area contributed by atoms with Crippen molar-refractivity contribution in [3.05, 3.63) is 42.0 Å². The lowest BCUT2D eigenvalue weighted by atomic mass is 9.64. The van der Waals surface area contributed by atoms with Gasteiger partial charge in [0.1, 0.15) is 11.9 Å². The highest BCUT2D eigenvalue weighted by atomic mass is 32.2. The van der Waals surface area contributed by atoms with Gasteiger partial charge >= 0.3 is 0 Å². The van der Waals surface area contributed by atoms with E-state index in [1.54, 1.807) is 7.11 Å². The van der Waals surface area contributed by atoms with Crippen molar-refractivity contribution in [1.29, 1.82) is 0 Å². The molecular formula is C23H30O4S2. The number of fused-ring (bicyclic) bond motifs is 2. The van der Waals surface area contributed by atoms with Crippen molar-refractivity contribution >= 4 is 28.4 Å². The van der Waals surface area contributed by atoms with Crippen molar-refractivity contribution in [2.24, 2.45) is 17.3 Å². The zero-order valence-corrected chi connectivity index (χ0v) is 19.0. The Kier molecular flexibility index (Phi) is 6.26. The van der Waals surface area contributed by atoms with Crippen molar-refractivity contribution in [2.45, 2.75) is 44.5 Å². The minimum absolute atomic E-state index is 0.00185. The van der Waals surface area contributed by atoms with E-state index in [1.807, 2.05) is 18.4 Å². The van der Waals surface area contributed by atoms with E-state index in [0.29, 0.717) is 29.4 Å². The summed E-state index contributed by atoms with van der Waals surface area (Å²) < 4.78 is 24.6. The summed E-state index contributed by atoms with van der Waals surface area (Å²) in [5, 5.41) is 0. The Labute approximate surface area is 183 Å². The zero-order chi connectivity index (χ0) is 20.5. The van der Waals surface area contributed by atoms with Crippen LogP contribution in [0.5, 0.6) is 5.75 Å². The van der Waals surface area contributed by atoms with Gasteiger partial charge in [0.05, 0.1) is 20.3 Å². The Balaban J connectivity index is 1.59. The van der Waals surface area contributed by atoms with Crippen molar-refractivity contribution in [3.63, 3.8) is 0 Å². The third-order valence-electron chi connectivity index (χ3n) is 7.03. The van der Waals surface area contributed by atoms with Crippen molar-refractivity contribution in [1.82, 2.24) is 0 Å². The summed E-state index contributed by atoms with van der Waals surface area (Å²) in [5.41, 5.74) is 1.10. The molecule has 0 radical (unpaired) electrons. The highest BCUT2D eigenvalue weighted by molar-refractivity contribution is 8.22. The fourth-order valence-electron chi connectivity index (χ4n) is 5.52. The second-order valence-corrected chi connectivity index (χ2v) is 9.79. The Bertz CT molecular complexity index is 774. The van der Waals surface area contributed by atoms with Gasteiger partial charge in [-0.2, -0.15) is 0 Å². The Morgan fingerprint density at radius 1 is 1.34 bits per heavy atom. The maximum absolute atomic E-state index is 6.23. The average molecular weight is 435 g/mol. The van der Waals surface area contributed by atoms with Crippen LogP contribution in [0.15, 0.2) is 36.4 Å². The first-order valence-corrected chi connectivity index (χ1v) is 12.0. The summed E-state index contributed by atoms with van der Waals surface area (Å²) in [6, 6.07) is 8.12. The lowest BCUT2D eigenvalue weighted by Crippen LogP contribution is -2.48. The number of methoxy groups -OCH3 is 1. The van der Waals surface area contributed by atoms with E-state index in [9.17, 15) is 0 Å². The molecule has 6 heteroatoms. The molecule has 2 aliphatic carbocycles. The lowest BCUT2D eigenvalue weighted by Gasteiger charge is -2.46. The number of benzene rings is 1. The van der Waals surface area contributed by atoms with Crippen LogP contribution in [-0.2, 0) is 14.2 Å². The van der Waals surface area contributed by atoms with Crippen LogP contribution in [0, 0.1) is 17.3 Å². The highest BCUT2D eigenvalue weighted by Gasteiger charge is 2.62. The van der Waals surface area contributed by atoms with E-state index in [2.05, 4.69) is 31.2 Å². The van der Waals surface area contributed by atoms with Crippen LogP contribution in [0.1, 0.15) is 44.3 Å². The second kappa shape index (κ2) is 8.58. The first-order valence-electron chi connectivity index (χ1n) is 10.3. The number of ether oxygens (including phenoxy) is 4. The first-order chi connectivity index (χ1) is 14.0. The molecule has 0 N–H and O–H groups in total. The summed E-state index contributed by atoms with van der Waals surface area (Å²) in [6.45, 7) is 3.75. The van der Waals surface area contributed by atoms with Gasteiger partial charge in [0, 0.05) is 11.8 Å². The highest BCUT2D eigenvalue weighted by Crippen LogP contribution is 2.61. The molecule has 1 saturated carbocycles. The molecule has 29 heavy (non-hydrogen) atoms. The van der Waals surface area contributed by atoms with Crippen LogP contribution >= 0.6 is 24.0 Å². The summed E-state index contributed by atoms with van der Waals surface area (Å²) in [5.74, 6) is 1.32. The summed E-state index contributed by atoms with van der Waals surface area (Å²) >= 11 is 6.88. The van der Waals surface area contributed by atoms with E-state index in [1.165, 1.54) is 11.8 Å². The summed E-state index contributed by atoms with van der Waals surface area (Å²) in [6.07, 6.45) is 10.5. The fraction of sp³-hybridized carbons (Fsp3) is 0.609. The standard InChI is InChI=1S/C23H30O4S2/c1-22-10-5-7-16(19(22)9-11-23(22)25-12-13-26-23)15-20(27-21(28)29-3)17-6-4-8-18(14-17)24-2/h4-8,14,16,19-20H,9-13,15H2,1-3H3/t16-,19-,20?,22-/m0/s1. The Morgan fingerprint density at radius 3 is 2.86 bits per heavy atom. The minimum Gasteiger partial charge on any atom is -0.497 e. The van der Waals surface area contributed by atoms with Crippen LogP contribution in [-0.4, -0.2) is 36.7 Å². The molecule has 0 aromatic heterocycles. The van der Waals surface area contributed by atoms with Gasteiger partial charge in [-0.1, -0.05) is 43.0 Å². The molecular weight excluding hydrogens is 404 g/mol. The summed E-state index contributed by atoms with van der Waals surface area (Å²) in [4.78, 5) is 0. The maximum atomic E-state index is 6.23. The van der Waals surface area contributed by atoms with Gasteiger partial charge in [-0.3, -0.25) is 0 Å². The molecule has 0 bridgehead atoms. The molecule has 3 aliphatic rings. The molecule has 1 aliphatic heterocycles.